The van der Waals surface area contributed by atoms with Gasteiger partial charge in [-0.3, -0.25) is 9.78 Å². The molecule has 2 rings (SSSR count). The van der Waals surface area contributed by atoms with Gasteiger partial charge in [0.25, 0.3) is 5.91 Å². The molecule has 2 aromatic heterocycles. The fourth-order valence-electron chi connectivity index (χ4n) is 1.38. The Kier molecular flexibility index (Phi) is 3.72. The Morgan fingerprint density at radius 1 is 1.21 bits per heavy atom. The summed E-state index contributed by atoms with van der Waals surface area (Å²) < 4.78 is 0. The van der Waals surface area contributed by atoms with Gasteiger partial charge in [0.2, 0.25) is 0 Å². The van der Waals surface area contributed by atoms with Crippen molar-refractivity contribution in [3.05, 3.63) is 52.9 Å². The summed E-state index contributed by atoms with van der Waals surface area (Å²) in [4.78, 5) is 30.5. The molecular formula is C12H8ClN3O3. The number of anilines is 1. The van der Waals surface area contributed by atoms with E-state index in [1.165, 1.54) is 36.7 Å². The second-order valence-electron chi connectivity index (χ2n) is 3.52. The van der Waals surface area contributed by atoms with E-state index in [1.54, 1.807) is 0 Å². The van der Waals surface area contributed by atoms with Crippen LogP contribution in [0.4, 0.5) is 5.82 Å². The van der Waals surface area contributed by atoms with Crippen molar-refractivity contribution in [3.8, 4) is 0 Å². The molecule has 7 heteroatoms. The van der Waals surface area contributed by atoms with Gasteiger partial charge in [-0.25, -0.2) is 9.78 Å². The molecule has 2 heterocycles. The predicted octanol–water partition coefficient (Wildman–Crippen LogP) is 2.08. The van der Waals surface area contributed by atoms with Crippen molar-refractivity contribution < 1.29 is 14.7 Å². The van der Waals surface area contributed by atoms with E-state index in [0.29, 0.717) is 5.02 Å². The van der Waals surface area contributed by atoms with Gasteiger partial charge >= 0.3 is 5.97 Å². The van der Waals surface area contributed by atoms with Crippen LogP contribution in [0.15, 0.2) is 36.7 Å². The van der Waals surface area contributed by atoms with Gasteiger partial charge in [0.15, 0.2) is 0 Å². The van der Waals surface area contributed by atoms with E-state index >= 15 is 0 Å². The second kappa shape index (κ2) is 5.45. The normalized spacial score (nSPS) is 9.95. The first-order valence-corrected chi connectivity index (χ1v) is 5.57. The van der Waals surface area contributed by atoms with Crippen LogP contribution in [0.2, 0.25) is 5.02 Å². The van der Waals surface area contributed by atoms with Gasteiger partial charge in [0, 0.05) is 17.4 Å². The first-order valence-electron chi connectivity index (χ1n) is 5.19. The van der Waals surface area contributed by atoms with Crippen molar-refractivity contribution in [3.63, 3.8) is 0 Å². The highest BCUT2D eigenvalue weighted by Crippen LogP contribution is 2.14. The molecule has 1 amide bonds. The van der Waals surface area contributed by atoms with Gasteiger partial charge in [-0.1, -0.05) is 11.6 Å². The van der Waals surface area contributed by atoms with Crippen molar-refractivity contribution in [1.29, 1.82) is 0 Å². The minimum Gasteiger partial charge on any atom is -0.478 e. The Bertz CT molecular complexity index is 646. The molecule has 96 valence electrons. The van der Waals surface area contributed by atoms with Crippen LogP contribution < -0.4 is 5.32 Å². The first-order chi connectivity index (χ1) is 9.08. The maximum Gasteiger partial charge on any atom is 0.339 e. The maximum absolute atomic E-state index is 11.9. The average molecular weight is 278 g/mol. The third-order valence-corrected chi connectivity index (χ3v) is 2.46. The molecule has 2 N–H and O–H groups in total. The summed E-state index contributed by atoms with van der Waals surface area (Å²) in [7, 11) is 0. The van der Waals surface area contributed by atoms with Crippen LogP contribution in [0.3, 0.4) is 0 Å². The fourth-order valence-corrected chi connectivity index (χ4v) is 1.54. The zero-order valence-corrected chi connectivity index (χ0v) is 10.3. The quantitative estimate of drug-likeness (QED) is 0.896. The number of hydrogen-bond donors (Lipinski definition) is 2. The molecule has 0 radical (unpaired) electrons. The Morgan fingerprint density at radius 3 is 2.68 bits per heavy atom. The van der Waals surface area contributed by atoms with Crippen molar-refractivity contribution in [2.45, 2.75) is 0 Å². The Balaban J connectivity index is 2.27. The molecule has 0 fully saturated rings. The molecule has 0 saturated heterocycles. The third kappa shape index (κ3) is 3.05. The number of aromatic carboxylic acids is 1. The van der Waals surface area contributed by atoms with Crippen LogP contribution >= 0.6 is 11.6 Å². The smallest absolute Gasteiger partial charge is 0.339 e. The summed E-state index contributed by atoms with van der Waals surface area (Å²) in [6, 6.07) is 5.72. The maximum atomic E-state index is 11.9. The van der Waals surface area contributed by atoms with E-state index in [2.05, 4.69) is 15.3 Å². The number of carboxylic acids is 1. The summed E-state index contributed by atoms with van der Waals surface area (Å²) in [5.41, 5.74) is -0.0210. The van der Waals surface area contributed by atoms with E-state index in [9.17, 15) is 9.59 Å². The number of amides is 1. The van der Waals surface area contributed by atoms with Crippen LogP contribution in [0, 0.1) is 0 Å². The highest BCUT2D eigenvalue weighted by atomic mass is 35.5. The van der Waals surface area contributed by atoms with Gasteiger partial charge in [0.1, 0.15) is 17.1 Å². The molecule has 0 aliphatic heterocycles. The fraction of sp³-hybridized carbons (Fsp3) is 0. The van der Waals surface area contributed by atoms with Crippen molar-refractivity contribution in [2.24, 2.45) is 0 Å². The number of aromatic nitrogens is 2. The Morgan fingerprint density at radius 2 is 2.00 bits per heavy atom. The molecule has 19 heavy (non-hydrogen) atoms. The molecule has 0 atom stereocenters. The van der Waals surface area contributed by atoms with E-state index in [0.717, 1.165) is 0 Å². The van der Waals surface area contributed by atoms with Crippen LogP contribution in [-0.2, 0) is 0 Å². The van der Waals surface area contributed by atoms with Crippen molar-refractivity contribution >= 4 is 29.3 Å². The van der Waals surface area contributed by atoms with Gasteiger partial charge in [-0.15, -0.1) is 0 Å². The molecule has 2 aromatic rings. The van der Waals surface area contributed by atoms with Gasteiger partial charge in [-0.05, 0) is 24.3 Å². The lowest BCUT2D eigenvalue weighted by atomic mass is 10.2. The number of carbonyl (C=O) groups excluding carboxylic acids is 1. The SMILES string of the molecule is O=C(Nc1ncccc1C(=O)O)c1cc(Cl)ccn1. The highest BCUT2D eigenvalue weighted by Gasteiger charge is 2.15. The van der Waals surface area contributed by atoms with Gasteiger partial charge in [0.05, 0.1) is 0 Å². The van der Waals surface area contributed by atoms with E-state index in [-0.39, 0.29) is 17.1 Å². The molecule has 0 bridgehead atoms. The van der Waals surface area contributed by atoms with Crippen LogP contribution in [-0.4, -0.2) is 27.0 Å². The van der Waals surface area contributed by atoms with E-state index in [1.807, 2.05) is 0 Å². The topological polar surface area (TPSA) is 92.2 Å². The van der Waals surface area contributed by atoms with Crippen LogP contribution in [0.25, 0.3) is 0 Å². The minimum absolute atomic E-state index is 0.0400. The number of pyridine rings is 2. The van der Waals surface area contributed by atoms with Gasteiger partial charge in [-0.2, -0.15) is 0 Å². The van der Waals surface area contributed by atoms with E-state index < -0.39 is 11.9 Å². The van der Waals surface area contributed by atoms with Crippen molar-refractivity contribution in [1.82, 2.24) is 9.97 Å². The molecule has 0 aliphatic carbocycles. The predicted molar refractivity (Wildman–Crippen MR) is 68.4 cm³/mol. The molecular weight excluding hydrogens is 270 g/mol. The van der Waals surface area contributed by atoms with E-state index in [4.69, 9.17) is 16.7 Å². The number of hydrogen-bond acceptors (Lipinski definition) is 4. The molecule has 0 aliphatic rings. The summed E-state index contributed by atoms with van der Waals surface area (Å²) in [6.45, 7) is 0. The standard InChI is InChI=1S/C12H8ClN3O3/c13-7-3-5-14-9(6-7)11(17)16-10-8(12(18)19)2-1-4-15-10/h1-6H,(H,18,19)(H,15,16,17). The second-order valence-corrected chi connectivity index (χ2v) is 3.95. The average Bonchev–Trinajstić information content (AvgIpc) is 2.39. The lowest BCUT2D eigenvalue weighted by Crippen LogP contribution is -2.17. The summed E-state index contributed by atoms with van der Waals surface area (Å²) in [6.07, 6.45) is 2.77. The van der Waals surface area contributed by atoms with Crippen LogP contribution in [0.1, 0.15) is 20.8 Å². The lowest BCUT2D eigenvalue weighted by molar-refractivity contribution is 0.0697. The summed E-state index contributed by atoms with van der Waals surface area (Å²) in [5.74, 6) is -1.80. The summed E-state index contributed by atoms with van der Waals surface area (Å²) >= 11 is 5.74. The first kappa shape index (κ1) is 13.0. The number of halogens is 1. The van der Waals surface area contributed by atoms with Crippen LogP contribution in [0.5, 0.6) is 0 Å². The number of carboxylic acid groups (broad SMARTS) is 1. The molecule has 0 spiro atoms. The largest absolute Gasteiger partial charge is 0.478 e. The molecule has 6 nitrogen and oxygen atoms in total. The zero-order chi connectivity index (χ0) is 13.8. The Hall–Kier alpha value is -2.47. The monoisotopic (exact) mass is 277 g/mol. The Labute approximate surface area is 113 Å². The minimum atomic E-state index is -1.18. The highest BCUT2D eigenvalue weighted by molar-refractivity contribution is 6.31. The van der Waals surface area contributed by atoms with Gasteiger partial charge < -0.3 is 10.4 Å². The third-order valence-electron chi connectivity index (χ3n) is 2.22. The molecule has 0 aromatic carbocycles. The molecule has 0 saturated carbocycles. The number of rotatable bonds is 3. The number of nitrogens with one attached hydrogen (secondary N) is 1. The summed E-state index contributed by atoms with van der Waals surface area (Å²) in [5, 5.41) is 11.7. The molecule has 0 unspecified atom stereocenters. The number of carbonyl (C=O) groups is 2. The zero-order valence-electron chi connectivity index (χ0n) is 9.50. The lowest BCUT2D eigenvalue weighted by Gasteiger charge is -2.06. The van der Waals surface area contributed by atoms with Crippen molar-refractivity contribution in [2.75, 3.05) is 5.32 Å². The number of nitrogens with zero attached hydrogens (tertiary/aromatic N) is 2.